The first-order valence-electron chi connectivity index (χ1n) is 7.34. The lowest BCUT2D eigenvalue weighted by molar-refractivity contribution is 0.0768. The van der Waals surface area contributed by atoms with E-state index in [9.17, 15) is 9.59 Å². The molecule has 0 bridgehead atoms. The number of hydrogen-bond donors (Lipinski definition) is 1. The number of hydrogen-bond acceptors (Lipinski definition) is 3. The van der Waals surface area contributed by atoms with Gasteiger partial charge in [-0.25, -0.2) is 0 Å². The second-order valence-corrected chi connectivity index (χ2v) is 4.89. The van der Waals surface area contributed by atoms with Gasteiger partial charge in [0.15, 0.2) is 0 Å². The Morgan fingerprint density at radius 2 is 1.48 bits per heavy atom. The first-order chi connectivity index (χ1) is 10.0. The van der Waals surface area contributed by atoms with Crippen molar-refractivity contribution in [2.24, 2.45) is 0 Å². The summed E-state index contributed by atoms with van der Waals surface area (Å²) in [7, 11) is 3.63. The Kier molecular flexibility index (Phi) is 6.88. The minimum atomic E-state index is -0.0351. The summed E-state index contributed by atoms with van der Waals surface area (Å²) in [6.07, 6.45) is 0. The summed E-state index contributed by atoms with van der Waals surface area (Å²) < 4.78 is 0. The molecule has 116 valence electrons. The molecule has 0 spiro atoms. The van der Waals surface area contributed by atoms with Gasteiger partial charge in [-0.1, -0.05) is 0 Å². The molecule has 5 nitrogen and oxygen atoms in total. The molecule has 0 saturated carbocycles. The van der Waals surface area contributed by atoms with Crippen molar-refractivity contribution in [1.29, 1.82) is 0 Å². The lowest BCUT2D eigenvalue weighted by Crippen LogP contribution is -2.33. The van der Waals surface area contributed by atoms with E-state index in [-0.39, 0.29) is 11.8 Å². The van der Waals surface area contributed by atoms with Gasteiger partial charge in [0.1, 0.15) is 0 Å². The number of nitrogens with zero attached hydrogens (tertiary/aromatic N) is 2. The van der Waals surface area contributed by atoms with Gasteiger partial charge in [0, 0.05) is 44.4 Å². The average molecular weight is 291 g/mol. The molecule has 0 unspecified atom stereocenters. The Balaban J connectivity index is 2.78. The maximum Gasteiger partial charge on any atom is 0.253 e. The smallest absolute Gasteiger partial charge is 0.253 e. The quantitative estimate of drug-likeness (QED) is 0.827. The van der Waals surface area contributed by atoms with Crippen LogP contribution < -0.4 is 5.32 Å². The number of amides is 2. The van der Waals surface area contributed by atoms with Crippen molar-refractivity contribution in [3.05, 3.63) is 35.4 Å². The third-order valence-electron chi connectivity index (χ3n) is 3.47. The SMILES string of the molecule is CCN(CC)C(=O)c1ccc(C(=O)N(C)CCNC)cc1. The molecule has 0 heterocycles. The van der Waals surface area contributed by atoms with E-state index in [1.165, 1.54) is 0 Å². The second kappa shape index (κ2) is 8.42. The molecule has 0 aromatic heterocycles. The van der Waals surface area contributed by atoms with Crippen LogP contribution in [-0.4, -0.2) is 61.9 Å². The molecule has 0 atom stereocenters. The van der Waals surface area contributed by atoms with Gasteiger partial charge in [-0.15, -0.1) is 0 Å². The largest absolute Gasteiger partial charge is 0.340 e. The van der Waals surface area contributed by atoms with Crippen LogP contribution in [-0.2, 0) is 0 Å². The molecule has 0 radical (unpaired) electrons. The maximum absolute atomic E-state index is 12.2. The maximum atomic E-state index is 12.2. The summed E-state index contributed by atoms with van der Waals surface area (Å²) in [5.41, 5.74) is 1.22. The van der Waals surface area contributed by atoms with E-state index in [4.69, 9.17) is 0 Å². The van der Waals surface area contributed by atoms with Gasteiger partial charge in [0.05, 0.1) is 0 Å². The molecule has 0 fully saturated rings. The van der Waals surface area contributed by atoms with Crippen molar-refractivity contribution in [3.8, 4) is 0 Å². The average Bonchev–Trinajstić information content (AvgIpc) is 2.53. The van der Waals surface area contributed by atoms with Gasteiger partial charge in [-0.3, -0.25) is 9.59 Å². The van der Waals surface area contributed by atoms with Gasteiger partial charge in [0.25, 0.3) is 11.8 Å². The Labute approximate surface area is 126 Å². The van der Waals surface area contributed by atoms with Crippen LogP contribution in [0.15, 0.2) is 24.3 Å². The summed E-state index contributed by atoms with van der Waals surface area (Å²) in [6, 6.07) is 6.88. The van der Waals surface area contributed by atoms with E-state index in [1.807, 2.05) is 20.9 Å². The third-order valence-corrected chi connectivity index (χ3v) is 3.47. The van der Waals surface area contributed by atoms with Crippen molar-refractivity contribution in [2.75, 3.05) is 40.3 Å². The summed E-state index contributed by atoms with van der Waals surface area (Å²) in [5, 5.41) is 3.01. The lowest BCUT2D eigenvalue weighted by Gasteiger charge is -2.19. The Morgan fingerprint density at radius 3 is 1.90 bits per heavy atom. The third kappa shape index (κ3) is 4.56. The minimum Gasteiger partial charge on any atom is -0.340 e. The zero-order chi connectivity index (χ0) is 15.8. The van der Waals surface area contributed by atoms with Crippen molar-refractivity contribution < 1.29 is 9.59 Å². The highest BCUT2D eigenvalue weighted by Gasteiger charge is 2.15. The number of rotatable bonds is 7. The zero-order valence-corrected chi connectivity index (χ0v) is 13.3. The molecule has 0 saturated heterocycles. The normalized spacial score (nSPS) is 10.3. The predicted octanol–water partition coefficient (Wildman–Crippen LogP) is 1.46. The molecule has 21 heavy (non-hydrogen) atoms. The van der Waals surface area contributed by atoms with Crippen molar-refractivity contribution in [3.63, 3.8) is 0 Å². The molecule has 0 aliphatic carbocycles. The molecule has 1 aromatic rings. The fourth-order valence-electron chi connectivity index (χ4n) is 2.05. The Morgan fingerprint density at radius 1 is 1.00 bits per heavy atom. The van der Waals surface area contributed by atoms with Gasteiger partial charge >= 0.3 is 0 Å². The summed E-state index contributed by atoms with van der Waals surface area (Å²) in [6.45, 7) is 6.67. The standard InChI is InChI=1S/C16H25N3O2/c1-5-19(6-2)16(21)14-9-7-13(8-10-14)15(20)18(4)12-11-17-3/h7-10,17H,5-6,11-12H2,1-4H3. The molecule has 1 N–H and O–H groups in total. The highest BCUT2D eigenvalue weighted by atomic mass is 16.2. The number of nitrogens with one attached hydrogen (secondary N) is 1. The second-order valence-electron chi connectivity index (χ2n) is 4.89. The number of benzene rings is 1. The van der Waals surface area contributed by atoms with Crippen LogP contribution in [0.3, 0.4) is 0 Å². The van der Waals surface area contributed by atoms with Crippen LogP contribution in [0.2, 0.25) is 0 Å². The topological polar surface area (TPSA) is 52.7 Å². The number of likely N-dealkylation sites (N-methyl/N-ethyl adjacent to an activating group) is 2. The van der Waals surface area contributed by atoms with Crippen LogP contribution in [0.5, 0.6) is 0 Å². The monoisotopic (exact) mass is 291 g/mol. The first kappa shape index (κ1) is 17.2. The van der Waals surface area contributed by atoms with Crippen LogP contribution >= 0.6 is 0 Å². The van der Waals surface area contributed by atoms with Crippen LogP contribution in [0.4, 0.5) is 0 Å². The fourth-order valence-corrected chi connectivity index (χ4v) is 2.05. The molecule has 5 heteroatoms. The van der Waals surface area contributed by atoms with E-state index in [0.717, 1.165) is 6.54 Å². The van der Waals surface area contributed by atoms with E-state index < -0.39 is 0 Å². The molecular weight excluding hydrogens is 266 g/mol. The molecule has 0 aliphatic heterocycles. The molecular formula is C16H25N3O2. The predicted molar refractivity (Wildman–Crippen MR) is 84.6 cm³/mol. The van der Waals surface area contributed by atoms with Gasteiger partial charge < -0.3 is 15.1 Å². The van der Waals surface area contributed by atoms with Crippen LogP contribution in [0.1, 0.15) is 34.6 Å². The molecule has 1 aromatic carbocycles. The van der Waals surface area contributed by atoms with Crippen molar-refractivity contribution in [2.45, 2.75) is 13.8 Å². The Bertz CT molecular complexity index is 467. The summed E-state index contributed by atoms with van der Waals surface area (Å²) in [5.74, 6) is -0.0328. The van der Waals surface area contributed by atoms with Gasteiger partial charge in [-0.05, 0) is 45.2 Å². The van der Waals surface area contributed by atoms with E-state index >= 15 is 0 Å². The zero-order valence-electron chi connectivity index (χ0n) is 13.3. The fraction of sp³-hybridized carbons (Fsp3) is 0.500. The molecule has 1 rings (SSSR count). The van der Waals surface area contributed by atoms with Crippen LogP contribution in [0.25, 0.3) is 0 Å². The van der Waals surface area contributed by atoms with Crippen molar-refractivity contribution >= 4 is 11.8 Å². The minimum absolute atomic E-state index is 0.00235. The van der Waals surface area contributed by atoms with E-state index in [2.05, 4.69) is 5.32 Å². The lowest BCUT2D eigenvalue weighted by atomic mass is 10.1. The summed E-state index contributed by atoms with van der Waals surface area (Å²) in [4.78, 5) is 27.8. The first-order valence-corrected chi connectivity index (χ1v) is 7.34. The number of carbonyl (C=O) groups is 2. The Hall–Kier alpha value is -1.88. The van der Waals surface area contributed by atoms with E-state index in [0.29, 0.717) is 30.8 Å². The summed E-state index contributed by atoms with van der Waals surface area (Å²) >= 11 is 0. The van der Waals surface area contributed by atoms with Crippen molar-refractivity contribution in [1.82, 2.24) is 15.1 Å². The number of carbonyl (C=O) groups excluding carboxylic acids is 2. The molecule has 0 aliphatic rings. The highest BCUT2D eigenvalue weighted by Crippen LogP contribution is 2.09. The highest BCUT2D eigenvalue weighted by molar-refractivity contribution is 5.97. The molecule has 2 amide bonds. The van der Waals surface area contributed by atoms with E-state index in [1.54, 1.807) is 41.1 Å². The van der Waals surface area contributed by atoms with Gasteiger partial charge in [0.2, 0.25) is 0 Å². The van der Waals surface area contributed by atoms with Crippen LogP contribution in [0, 0.1) is 0 Å². The van der Waals surface area contributed by atoms with Gasteiger partial charge in [-0.2, -0.15) is 0 Å².